The highest BCUT2D eigenvalue weighted by Crippen LogP contribution is 2.20. The fourth-order valence-corrected chi connectivity index (χ4v) is 4.60. The molecule has 1 saturated heterocycles. The van der Waals surface area contributed by atoms with Crippen LogP contribution in [-0.4, -0.2) is 59.4 Å². The van der Waals surface area contributed by atoms with Crippen LogP contribution in [0, 0.1) is 0 Å². The highest BCUT2D eigenvalue weighted by atomic mass is 28.4. The van der Waals surface area contributed by atoms with E-state index >= 15 is 0 Å². The average Bonchev–Trinajstić information content (AvgIpc) is 2.56. The summed E-state index contributed by atoms with van der Waals surface area (Å²) in [5.74, 6) is 0. The second-order valence-corrected chi connectivity index (χ2v) is 8.81. The van der Waals surface area contributed by atoms with Crippen molar-refractivity contribution in [2.24, 2.45) is 0 Å². The predicted molar refractivity (Wildman–Crippen MR) is 95.5 cm³/mol. The van der Waals surface area contributed by atoms with E-state index in [-0.39, 0.29) is 6.23 Å². The Kier molecular flexibility index (Phi) is 11.3. The molecule has 1 fully saturated rings. The molecule has 0 saturated carbocycles. The van der Waals surface area contributed by atoms with Gasteiger partial charge < -0.3 is 18.0 Å². The van der Waals surface area contributed by atoms with Crippen LogP contribution >= 0.6 is 0 Å². The Morgan fingerprint density at radius 2 is 1.52 bits per heavy atom. The van der Waals surface area contributed by atoms with E-state index in [1.165, 1.54) is 0 Å². The predicted octanol–water partition coefficient (Wildman–Crippen LogP) is 3.66. The van der Waals surface area contributed by atoms with E-state index in [1.54, 1.807) is 0 Å². The third-order valence-corrected chi connectivity index (χ3v) is 6.22. The number of hydrogen-bond acceptors (Lipinski definition) is 5. The quantitative estimate of drug-likeness (QED) is 0.375. The van der Waals surface area contributed by atoms with E-state index in [0.717, 1.165) is 78.0 Å². The molecule has 0 aliphatic carbocycles. The highest BCUT2D eigenvalue weighted by Gasteiger charge is 2.39. The minimum Gasteiger partial charge on any atom is -0.379 e. The van der Waals surface area contributed by atoms with Gasteiger partial charge in [-0.15, -0.1) is 0 Å². The number of unbranched alkanes of at least 4 members (excludes halogenated alkanes) is 2. The first-order chi connectivity index (χ1) is 11.1. The van der Waals surface area contributed by atoms with Crippen molar-refractivity contribution in [3.05, 3.63) is 0 Å². The molecule has 0 aromatic rings. The lowest BCUT2D eigenvalue weighted by molar-refractivity contribution is -0.0829. The maximum absolute atomic E-state index is 6.48. The Bertz CT molecular complexity index is 278. The van der Waals surface area contributed by atoms with Crippen LogP contribution in [0.1, 0.15) is 59.3 Å². The summed E-state index contributed by atoms with van der Waals surface area (Å²) in [5, 5.41) is 0. The number of ether oxygens (including phenoxy) is 1. The zero-order valence-corrected chi connectivity index (χ0v) is 16.6. The SMILES string of the molecule is CCCCO[Si](C)(OCCCC)OC(CCC)N1CCOCC1. The minimum atomic E-state index is -2.59. The van der Waals surface area contributed by atoms with Gasteiger partial charge in [0.1, 0.15) is 6.23 Å². The van der Waals surface area contributed by atoms with Crippen molar-refractivity contribution < 1.29 is 18.0 Å². The summed E-state index contributed by atoms with van der Waals surface area (Å²) < 4.78 is 24.2. The normalized spacial score (nSPS) is 18.3. The van der Waals surface area contributed by atoms with Crippen LogP contribution in [-0.2, 0) is 18.0 Å². The lowest BCUT2D eigenvalue weighted by Gasteiger charge is -2.38. The second-order valence-electron chi connectivity index (χ2n) is 6.28. The molecule has 1 unspecified atom stereocenters. The van der Waals surface area contributed by atoms with Gasteiger partial charge in [-0.1, -0.05) is 40.0 Å². The number of morpholine rings is 1. The van der Waals surface area contributed by atoms with Gasteiger partial charge in [0.2, 0.25) is 0 Å². The van der Waals surface area contributed by atoms with E-state index in [0.29, 0.717) is 0 Å². The van der Waals surface area contributed by atoms with E-state index in [1.807, 2.05) is 0 Å². The van der Waals surface area contributed by atoms with Crippen LogP contribution in [0.5, 0.6) is 0 Å². The molecule has 0 N–H and O–H groups in total. The van der Waals surface area contributed by atoms with Gasteiger partial charge in [-0.3, -0.25) is 4.90 Å². The smallest absolute Gasteiger partial charge is 0.379 e. The van der Waals surface area contributed by atoms with Crippen molar-refractivity contribution in [1.29, 1.82) is 0 Å². The van der Waals surface area contributed by atoms with Gasteiger partial charge >= 0.3 is 8.80 Å². The lowest BCUT2D eigenvalue weighted by Crippen LogP contribution is -2.53. The van der Waals surface area contributed by atoms with Crippen molar-refractivity contribution in [3.63, 3.8) is 0 Å². The third kappa shape index (κ3) is 8.61. The average molecular weight is 348 g/mol. The first kappa shape index (κ1) is 21.1. The molecule has 1 aliphatic rings. The van der Waals surface area contributed by atoms with Crippen LogP contribution in [0.3, 0.4) is 0 Å². The Labute approximate surface area is 144 Å². The topological polar surface area (TPSA) is 40.2 Å². The summed E-state index contributed by atoms with van der Waals surface area (Å²) in [6, 6.07) is 0. The number of hydrogen-bond donors (Lipinski definition) is 0. The van der Waals surface area contributed by atoms with Crippen LogP contribution in [0.2, 0.25) is 6.55 Å². The summed E-state index contributed by atoms with van der Waals surface area (Å²) in [6.07, 6.45) is 6.55. The Morgan fingerprint density at radius 1 is 0.957 bits per heavy atom. The molecule has 0 aromatic heterocycles. The van der Waals surface area contributed by atoms with Gasteiger partial charge in [0, 0.05) is 32.9 Å². The van der Waals surface area contributed by atoms with E-state index < -0.39 is 8.80 Å². The maximum Gasteiger partial charge on any atom is 0.498 e. The van der Waals surface area contributed by atoms with Crippen LogP contribution in [0.15, 0.2) is 0 Å². The van der Waals surface area contributed by atoms with Crippen molar-refractivity contribution >= 4 is 8.80 Å². The van der Waals surface area contributed by atoms with Crippen LogP contribution in [0.4, 0.5) is 0 Å². The monoisotopic (exact) mass is 347 g/mol. The van der Waals surface area contributed by atoms with Gasteiger partial charge in [0.15, 0.2) is 0 Å². The molecule has 0 spiro atoms. The fraction of sp³-hybridized carbons (Fsp3) is 1.00. The fourth-order valence-electron chi connectivity index (χ4n) is 2.59. The van der Waals surface area contributed by atoms with Crippen LogP contribution < -0.4 is 0 Å². The molecule has 0 amide bonds. The highest BCUT2D eigenvalue weighted by molar-refractivity contribution is 6.59. The summed E-state index contributed by atoms with van der Waals surface area (Å²) in [7, 11) is -2.59. The Hall–Kier alpha value is 0.0169. The molecule has 6 heteroatoms. The van der Waals surface area contributed by atoms with E-state index in [9.17, 15) is 0 Å². The molecule has 5 nitrogen and oxygen atoms in total. The van der Waals surface area contributed by atoms with Gasteiger partial charge in [-0.05, 0) is 19.3 Å². The van der Waals surface area contributed by atoms with Crippen molar-refractivity contribution in [2.75, 3.05) is 39.5 Å². The summed E-state index contributed by atoms with van der Waals surface area (Å²) >= 11 is 0. The van der Waals surface area contributed by atoms with Gasteiger partial charge in [0.05, 0.1) is 13.2 Å². The van der Waals surface area contributed by atoms with Crippen molar-refractivity contribution in [2.45, 2.75) is 72.1 Å². The molecular weight excluding hydrogens is 310 g/mol. The number of nitrogens with zero attached hydrogens (tertiary/aromatic N) is 1. The van der Waals surface area contributed by atoms with Gasteiger partial charge in [-0.2, -0.15) is 0 Å². The Balaban J connectivity index is 2.63. The minimum absolute atomic E-state index is 0.0869. The molecular formula is C17H37NO4Si. The summed E-state index contributed by atoms with van der Waals surface area (Å²) in [5.41, 5.74) is 0. The molecule has 1 heterocycles. The summed E-state index contributed by atoms with van der Waals surface area (Å²) in [4.78, 5) is 2.38. The molecule has 23 heavy (non-hydrogen) atoms. The number of rotatable bonds is 13. The molecule has 0 bridgehead atoms. The Morgan fingerprint density at radius 3 is 2.00 bits per heavy atom. The first-order valence-corrected chi connectivity index (χ1v) is 11.6. The molecule has 1 atom stereocenters. The molecule has 0 aromatic carbocycles. The standard InChI is InChI=1S/C17H37NO4Si/c1-5-8-13-20-23(4,21-14-9-6-2)22-17(10-7-3)18-11-15-19-16-12-18/h17H,5-16H2,1-4H3. The zero-order chi connectivity index (χ0) is 17.0. The van der Waals surface area contributed by atoms with Crippen LogP contribution in [0.25, 0.3) is 0 Å². The summed E-state index contributed by atoms with van der Waals surface area (Å²) in [6.45, 7) is 13.5. The maximum atomic E-state index is 6.48. The third-order valence-electron chi connectivity index (χ3n) is 4.06. The van der Waals surface area contributed by atoms with Gasteiger partial charge in [-0.25, -0.2) is 0 Å². The van der Waals surface area contributed by atoms with Gasteiger partial charge in [0.25, 0.3) is 0 Å². The van der Waals surface area contributed by atoms with Crippen molar-refractivity contribution in [1.82, 2.24) is 4.90 Å². The largest absolute Gasteiger partial charge is 0.498 e. The zero-order valence-electron chi connectivity index (χ0n) is 15.6. The molecule has 0 radical (unpaired) electrons. The lowest BCUT2D eigenvalue weighted by atomic mass is 10.2. The first-order valence-electron chi connectivity index (χ1n) is 9.42. The van der Waals surface area contributed by atoms with Crippen molar-refractivity contribution in [3.8, 4) is 0 Å². The van der Waals surface area contributed by atoms with E-state index in [2.05, 4.69) is 32.2 Å². The van der Waals surface area contributed by atoms with E-state index in [4.69, 9.17) is 18.0 Å². The second kappa shape index (κ2) is 12.4. The molecule has 1 aliphatic heterocycles. The molecule has 1 rings (SSSR count). The molecule has 138 valence electrons.